The van der Waals surface area contributed by atoms with Crippen LogP contribution >= 0.6 is 0 Å². The van der Waals surface area contributed by atoms with Crippen LogP contribution in [-0.2, 0) is 27.3 Å². The molecule has 1 fully saturated rings. The van der Waals surface area contributed by atoms with Crippen LogP contribution in [0, 0.1) is 6.92 Å². The predicted octanol–water partition coefficient (Wildman–Crippen LogP) is 3.89. The van der Waals surface area contributed by atoms with Crippen LogP contribution in [0.15, 0.2) is 65.1 Å². The van der Waals surface area contributed by atoms with Crippen molar-refractivity contribution in [2.75, 3.05) is 27.4 Å². The number of hydrogen-bond acceptors (Lipinski definition) is 10. The molecule has 13 heteroatoms. The maximum Gasteiger partial charge on any atom is 0.258 e. The second kappa shape index (κ2) is 14.0. The van der Waals surface area contributed by atoms with Gasteiger partial charge in [0.25, 0.3) is 5.91 Å². The minimum atomic E-state index is -0.824. The fourth-order valence-electron chi connectivity index (χ4n) is 5.78. The molecule has 0 aliphatic carbocycles. The minimum absolute atomic E-state index is 0.0655. The van der Waals surface area contributed by atoms with Crippen molar-refractivity contribution in [3.05, 3.63) is 77.7 Å². The molecule has 13 nitrogen and oxygen atoms in total. The summed E-state index contributed by atoms with van der Waals surface area (Å²) >= 11 is 0. The van der Waals surface area contributed by atoms with Crippen molar-refractivity contribution >= 4 is 17.7 Å². The van der Waals surface area contributed by atoms with Crippen molar-refractivity contribution in [1.29, 1.82) is 0 Å². The number of aryl methyl sites for hydroxylation is 2. The van der Waals surface area contributed by atoms with Crippen molar-refractivity contribution in [3.63, 3.8) is 0 Å². The van der Waals surface area contributed by atoms with E-state index in [9.17, 15) is 19.5 Å². The minimum Gasteiger partial charge on any atom is -0.504 e. The highest BCUT2D eigenvalue weighted by Crippen LogP contribution is 2.39. The quantitative estimate of drug-likeness (QED) is 0.278. The summed E-state index contributed by atoms with van der Waals surface area (Å²) in [5.41, 5.74) is 1.85. The van der Waals surface area contributed by atoms with Crippen LogP contribution in [0.2, 0.25) is 0 Å². The van der Waals surface area contributed by atoms with Crippen molar-refractivity contribution in [2.24, 2.45) is 0 Å². The van der Waals surface area contributed by atoms with E-state index in [0.717, 1.165) is 5.56 Å². The molecule has 48 heavy (non-hydrogen) atoms. The van der Waals surface area contributed by atoms with E-state index in [2.05, 4.69) is 15.6 Å². The van der Waals surface area contributed by atoms with Gasteiger partial charge in [0.1, 0.15) is 29.0 Å². The lowest BCUT2D eigenvalue weighted by atomic mass is 10.1. The van der Waals surface area contributed by atoms with Gasteiger partial charge in [0.2, 0.25) is 17.7 Å². The molecule has 0 radical (unpaired) electrons. The molecule has 6 bridgehead atoms. The zero-order valence-electron chi connectivity index (χ0n) is 26.8. The summed E-state index contributed by atoms with van der Waals surface area (Å²) < 4.78 is 28.3. The molecule has 2 aliphatic rings. The van der Waals surface area contributed by atoms with Crippen LogP contribution in [0.3, 0.4) is 0 Å². The number of ether oxygens (including phenoxy) is 4. The van der Waals surface area contributed by atoms with Crippen LogP contribution in [0.4, 0.5) is 0 Å². The molecule has 0 unspecified atom stereocenters. The summed E-state index contributed by atoms with van der Waals surface area (Å²) in [6.45, 7) is 1.71. The van der Waals surface area contributed by atoms with E-state index >= 15 is 0 Å². The Morgan fingerprint density at radius 3 is 2.69 bits per heavy atom. The van der Waals surface area contributed by atoms with Crippen LogP contribution in [-0.4, -0.2) is 72.2 Å². The summed E-state index contributed by atoms with van der Waals surface area (Å²) in [5, 5.41) is 16.4. The van der Waals surface area contributed by atoms with Gasteiger partial charge in [0, 0.05) is 30.6 Å². The average molecular weight is 657 g/mol. The van der Waals surface area contributed by atoms with E-state index in [-0.39, 0.29) is 61.8 Å². The van der Waals surface area contributed by atoms with Crippen molar-refractivity contribution in [2.45, 2.75) is 44.8 Å². The zero-order valence-corrected chi connectivity index (χ0v) is 26.8. The third-order valence-electron chi connectivity index (χ3n) is 8.31. The predicted molar refractivity (Wildman–Crippen MR) is 172 cm³/mol. The average Bonchev–Trinajstić information content (AvgIpc) is 3.69. The highest BCUT2D eigenvalue weighted by atomic mass is 16.5. The van der Waals surface area contributed by atoms with Crippen LogP contribution in [0.1, 0.15) is 29.9 Å². The summed E-state index contributed by atoms with van der Waals surface area (Å²) in [6.07, 6.45) is 0.620. The number of oxazole rings is 1. The molecule has 3 aromatic carbocycles. The molecule has 3 N–H and O–H groups in total. The molecule has 6 rings (SSSR count). The van der Waals surface area contributed by atoms with E-state index in [1.807, 2.05) is 0 Å². The zero-order chi connectivity index (χ0) is 33.8. The van der Waals surface area contributed by atoms with Gasteiger partial charge in [-0.1, -0.05) is 12.1 Å². The summed E-state index contributed by atoms with van der Waals surface area (Å²) in [4.78, 5) is 46.2. The largest absolute Gasteiger partial charge is 0.504 e. The smallest absolute Gasteiger partial charge is 0.258 e. The van der Waals surface area contributed by atoms with E-state index in [1.54, 1.807) is 68.6 Å². The second-order valence-electron chi connectivity index (χ2n) is 11.5. The van der Waals surface area contributed by atoms with Gasteiger partial charge >= 0.3 is 0 Å². The number of carbonyl (C=O) groups is 3. The fraction of sp³-hybridized carbons (Fsp3) is 0.314. The van der Waals surface area contributed by atoms with Crippen LogP contribution < -0.4 is 29.6 Å². The number of aromatic hydroxyl groups is 1. The standard InChI is InChI=1S/C35H36N4O9/c1-20-26-17-36-34(43)27-15-23(37-32(41)19-46-25-6-4-5-24(16-25)44-2)18-39(27)33(42)12-8-21-7-10-28(40)30(13-21)48-31-14-22(35(38-26)47-20)9-11-29(31)45-3/h4-7,9-11,13-14,16,23,27,40H,8,12,15,17-19H2,1-3H3,(H,36,43)(H,37,41)/t23-,27-/m0/s1. The summed E-state index contributed by atoms with van der Waals surface area (Å²) in [6, 6.07) is 15.6. The Bertz CT molecular complexity index is 1840. The molecule has 3 amide bonds. The summed E-state index contributed by atoms with van der Waals surface area (Å²) in [7, 11) is 3.05. The highest BCUT2D eigenvalue weighted by Gasteiger charge is 2.40. The van der Waals surface area contributed by atoms with Gasteiger partial charge in [0.05, 0.1) is 20.8 Å². The SMILES string of the molecule is COc1cccc(OCC(=O)N[C@H]2C[C@H]3C(=O)NCc4nc(oc4C)-c4ccc(OC)c(c4)Oc4cc(ccc4O)CCC(=O)N3C2)c1. The van der Waals surface area contributed by atoms with Gasteiger partial charge in [-0.3, -0.25) is 14.4 Å². The topological polar surface area (TPSA) is 162 Å². The molecule has 4 aromatic rings. The van der Waals surface area contributed by atoms with E-state index in [4.69, 9.17) is 23.4 Å². The number of phenols is 1. The summed E-state index contributed by atoms with van der Waals surface area (Å²) in [5.74, 6) is 1.71. The third kappa shape index (κ3) is 7.14. The van der Waals surface area contributed by atoms with Gasteiger partial charge in [-0.15, -0.1) is 0 Å². The first kappa shape index (κ1) is 32.2. The Balaban J connectivity index is 1.23. The van der Waals surface area contributed by atoms with Crippen LogP contribution in [0.25, 0.3) is 11.5 Å². The van der Waals surface area contributed by atoms with Gasteiger partial charge < -0.3 is 44.0 Å². The molecule has 1 saturated heterocycles. The lowest BCUT2D eigenvalue weighted by Crippen LogP contribution is -2.46. The number of fused-ring (bicyclic) bond motifs is 8. The molecule has 1 aromatic heterocycles. The highest BCUT2D eigenvalue weighted by molar-refractivity contribution is 5.89. The van der Waals surface area contributed by atoms with E-state index < -0.39 is 12.1 Å². The van der Waals surface area contributed by atoms with Crippen molar-refractivity contribution < 1.29 is 42.9 Å². The Kier molecular flexibility index (Phi) is 9.37. The number of carbonyl (C=O) groups excluding carboxylic acids is 3. The lowest BCUT2D eigenvalue weighted by Gasteiger charge is -2.24. The first-order chi connectivity index (χ1) is 23.2. The van der Waals surface area contributed by atoms with Crippen molar-refractivity contribution in [1.82, 2.24) is 20.5 Å². The van der Waals surface area contributed by atoms with E-state index in [1.165, 1.54) is 18.1 Å². The Hall–Kier alpha value is -5.72. The molecule has 3 heterocycles. The monoisotopic (exact) mass is 656 g/mol. The first-order valence-electron chi connectivity index (χ1n) is 15.5. The Labute approximate surface area is 276 Å². The van der Waals surface area contributed by atoms with Crippen LogP contribution in [0.5, 0.6) is 34.5 Å². The number of rotatable bonds is 6. The second-order valence-corrected chi connectivity index (χ2v) is 11.5. The molecule has 250 valence electrons. The number of aromatic nitrogens is 1. The molecule has 0 saturated carbocycles. The van der Waals surface area contributed by atoms with Gasteiger partial charge in [-0.2, -0.15) is 0 Å². The normalized spacial score (nSPS) is 17.7. The third-order valence-corrected chi connectivity index (χ3v) is 8.31. The van der Waals surface area contributed by atoms with Gasteiger partial charge in [0.15, 0.2) is 29.6 Å². The molecule has 2 aliphatic heterocycles. The first-order valence-corrected chi connectivity index (χ1v) is 15.5. The van der Waals surface area contributed by atoms with E-state index in [0.29, 0.717) is 52.3 Å². The number of benzene rings is 3. The maximum absolute atomic E-state index is 13.6. The number of hydrogen-bond donors (Lipinski definition) is 3. The Morgan fingerprint density at radius 2 is 1.88 bits per heavy atom. The molecular formula is C35H36N4O9. The number of nitrogens with one attached hydrogen (secondary N) is 2. The van der Waals surface area contributed by atoms with Crippen molar-refractivity contribution in [3.8, 4) is 46.0 Å². The number of nitrogens with zero attached hydrogens (tertiary/aromatic N) is 2. The number of phenolic OH excluding ortho intramolecular Hbond substituents is 1. The molecule has 2 atom stereocenters. The fourth-order valence-corrected chi connectivity index (χ4v) is 5.78. The molecular weight excluding hydrogens is 620 g/mol. The molecule has 0 spiro atoms. The van der Waals surface area contributed by atoms with Gasteiger partial charge in [-0.25, -0.2) is 4.98 Å². The number of amides is 3. The number of methoxy groups -OCH3 is 2. The van der Waals surface area contributed by atoms with Gasteiger partial charge in [-0.05, 0) is 67.8 Å². The Morgan fingerprint density at radius 1 is 1.04 bits per heavy atom. The maximum atomic E-state index is 13.6. The lowest BCUT2D eigenvalue weighted by molar-refractivity contribution is -0.138.